The third-order valence-electron chi connectivity index (χ3n) is 3.56. The average Bonchev–Trinajstić information content (AvgIpc) is 2.67. The van der Waals surface area contributed by atoms with E-state index in [1.165, 1.54) is 6.07 Å². The maximum absolute atomic E-state index is 13.8. The molecule has 2 N–H and O–H groups in total. The quantitative estimate of drug-likeness (QED) is 0.543. The zero-order chi connectivity index (χ0) is 17.2. The molecule has 1 fully saturated rings. The monoisotopic (exact) mass is 435 g/mol. The van der Waals surface area contributed by atoms with Gasteiger partial charge >= 0.3 is 6.09 Å². The summed E-state index contributed by atoms with van der Waals surface area (Å²) in [7, 11) is 0. The van der Waals surface area contributed by atoms with Gasteiger partial charge in [0.25, 0.3) is 0 Å². The molecule has 1 aromatic carbocycles. The number of anilines is 2. The molecule has 1 aromatic rings. The summed E-state index contributed by atoms with van der Waals surface area (Å²) in [6.45, 7) is 8.03. The summed E-state index contributed by atoms with van der Waals surface area (Å²) in [5.41, 5.74) is 6.77. The first-order valence-electron chi connectivity index (χ1n) is 7.65. The molecule has 0 radical (unpaired) electrons. The summed E-state index contributed by atoms with van der Waals surface area (Å²) in [6, 6.07) is 3.11. The number of carbonyl (C=O) groups is 1. The normalized spacial score (nSPS) is 16.2. The van der Waals surface area contributed by atoms with Gasteiger partial charge in [0.05, 0.1) is 14.9 Å². The summed E-state index contributed by atoms with van der Waals surface area (Å²) < 4.78 is 19.8. The van der Waals surface area contributed by atoms with E-state index in [9.17, 15) is 9.18 Å². The molecule has 7 heteroatoms. The average molecular weight is 435 g/mol. The molecule has 0 spiro atoms. The molecule has 0 atom stereocenters. The zero-order valence-electron chi connectivity index (χ0n) is 13.7. The molecule has 1 amide bonds. The van der Waals surface area contributed by atoms with Gasteiger partial charge in [-0.05, 0) is 55.8 Å². The van der Waals surface area contributed by atoms with Crippen LogP contribution in [0.1, 0.15) is 27.2 Å². The standard InChI is InChI=1S/C16H23FIN3O2/c1-16(2,3)23-15(22)21-6-4-5-20(7-8-21)14-9-11(17)12(18)10-13(14)19/h9-10H,4-8,19H2,1-3H3. The van der Waals surface area contributed by atoms with Crippen LogP contribution in [0.4, 0.5) is 20.6 Å². The van der Waals surface area contributed by atoms with E-state index in [1.807, 2.05) is 48.3 Å². The molecule has 5 nitrogen and oxygen atoms in total. The van der Waals surface area contributed by atoms with Gasteiger partial charge in [0, 0.05) is 32.2 Å². The van der Waals surface area contributed by atoms with Crippen molar-refractivity contribution in [2.45, 2.75) is 32.8 Å². The molecular weight excluding hydrogens is 412 g/mol. The fourth-order valence-electron chi connectivity index (χ4n) is 2.49. The highest BCUT2D eigenvalue weighted by atomic mass is 127. The summed E-state index contributed by atoms with van der Waals surface area (Å²) >= 11 is 1.93. The van der Waals surface area contributed by atoms with Crippen molar-refractivity contribution in [3.63, 3.8) is 0 Å². The molecule has 128 valence electrons. The number of carbonyl (C=O) groups excluding carboxylic acids is 1. The van der Waals surface area contributed by atoms with E-state index in [0.29, 0.717) is 34.6 Å². The number of rotatable bonds is 1. The minimum atomic E-state index is -0.507. The predicted molar refractivity (Wildman–Crippen MR) is 98.2 cm³/mol. The van der Waals surface area contributed by atoms with Crippen LogP contribution in [-0.4, -0.2) is 42.8 Å². The minimum Gasteiger partial charge on any atom is -0.444 e. The Labute approximate surface area is 150 Å². The van der Waals surface area contributed by atoms with E-state index in [4.69, 9.17) is 10.5 Å². The van der Waals surface area contributed by atoms with Gasteiger partial charge < -0.3 is 20.3 Å². The number of nitrogens with zero attached hydrogens (tertiary/aromatic N) is 2. The highest BCUT2D eigenvalue weighted by molar-refractivity contribution is 14.1. The van der Waals surface area contributed by atoms with Crippen molar-refractivity contribution < 1.29 is 13.9 Å². The molecule has 1 aliphatic heterocycles. The van der Waals surface area contributed by atoms with Crippen molar-refractivity contribution in [1.82, 2.24) is 4.90 Å². The van der Waals surface area contributed by atoms with E-state index < -0.39 is 5.60 Å². The predicted octanol–water partition coefficient (Wildman–Crippen LogP) is 3.46. The Morgan fingerprint density at radius 1 is 1.26 bits per heavy atom. The fourth-order valence-corrected chi connectivity index (χ4v) is 2.98. The number of nitrogens with two attached hydrogens (primary N) is 1. The van der Waals surface area contributed by atoms with Gasteiger partial charge in [-0.2, -0.15) is 0 Å². The maximum atomic E-state index is 13.8. The molecule has 1 saturated heterocycles. The summed E-state index contributed by atoms with van der Waals surface area (Å²) in [6.07, 6.45) is 0.479. The van der Waals surface area contributed by atoms with E-state index >= 15 is 0 Å². The van der Waals surface area contributed by atoms with Gasteiger partial charge in [-0.25, -0.2) is 9.18 Å². The lowest BCUT2D eigenvalue weighted by Gasteiger charge is -2.27. The molecule has 0 saturated carbocycles. The number of hydrogen-bond donors (Lipinski definition) is 1. The van der Waals surface area contributed by atoms with Gasteiger partial charge in [0.1, 0.15) is 11.4 Å². The van der Waals surface area contributed by atoms with Crippen LogP contribution in [0.2, 0.25) is 0 Å². The Morgan fingerprint density at radius 3 is 2.61 bits per heavy atom. The van der Waals surface area contributed by atoms with Gasteiger partial charge in [-0.3, -0.25) is 0 Å². The Kier molecular flexibility index (Phi) is 5.59. The highest BCUT2D eigenvalue weighted by Gasteiger charge is 2.25. The van der Waals surface area contributed by atoms with Gasteiger partial charge in [-0.15, -0.1) is 0 Å². The smallest absolute Gasteiger partial charge is 0.410 e. The largest absolute Gasteiger partial charge is 0.444 e. The highest BCUT2D eigenvalue weighted by Crippen LogP contribution is 2.28. The number of hydrogen-bond acceptors (Lipinski definition) is 4. The number of ether oxygens (including phenoxy) is 1. The molecule has 0 aromatic heterocycles. The lowest BCUT2D eigenvalue weighted by molar-refractivity contribution is 0.0263. The van der Waals surface area contributed by atoms with Gasteiger partial charge in [0.2, 0.25) is 0 Å². The lowest BCUT2D eigenvalue weighted by atomic mass is 10.2. The zero-order valence-corrected chi connectivity index (χ0v) is 15.9. The van der Waals surface area contributed by atoms with Gasteiger partial charge in [-0.1, -0.05) is 0 Å². The van der Waals surface area contributed by atoms with Crippen LogP contribution < -0.4 is 10.6 Å². The van der Waals surface area contributed by atoms with Crippen LogP contribution in [0.3, 0.4) is 0 Å². The van der Waals surface area contributed by atoms with Crippen LogP contribution >= 0.6 is 22.6 Å². The van der Waals surface area contributed by atoms with E-state index in [1.54, 1.807) is 11.0 Å². The number of amides is 1. The maximum Gasteiger partial charge on any atom is 0.410 e. The first-order chi connectivity index (χ1) is 10.7. The number of benzene rings is 1. The second-order valence-corrected chi connectivity index (χ2v) is 7.80. The molecule has 2 rings (SSSR count). The fraction of sp³-hybridized carbons (Fsp3) is 0.562. The third kappa shape index (κ3) is 4.86. The van der Waals surface area contributed by atoms with Crippen molar-refractivity contribution in [3.05, 3.63) is 21.5 Å². The summed E-state index contributed by atoms with van der Waals surface area (Å²) in [5, 5.41) is 0. The van der Waals surface area contributed by atoms with E-state index in [2.05, 4.69) is 0 Å². The topological polar surface area (TPSA) is 58.8 Å². The van der Waals surface area contributed by atoms with Gasteiger partial charge in [0.15, 0.2) is 0 Å². The minimum absolute atomic E-state index is 0.275. The molecule has 1 heterocycles. The van der Waals surface area contributed by atoms with Crippen LogP contribution in [-0.2, 0) is 4.74 Å². The molecule has 1 aliphatic rings. The second-order valence-electron chi connectivity index (χ2n) is 6.63. The van der Waals surface area contributed by atoms with Crippen molar-refractivity contribution >= 4 is 40.1 Å². The van der Waals surface area contributed by atoms with Crippen LogP contribution in [0.25, 0.3) is 0 Å². The Morgan fingerprint density at radius 2 is 1.96 bits per heavy atom. The SMILES string of the molecule is CC(C)(C)OC(=O)N1CCCN(c2cc(F)c(I)cc2N)CC1. The number of nitrogen functional groups attached to an aromatic ring is 1. The Balaban J connectivity index is 2.07. The second kappa shape index (κ2) is 7.11. The van der Waals surface area contributed by atoms with Crippen molar-refractivity contribution in [1.29, 1.82) is 0 Å². The summed E-state index contributed by atoms with van der Waals surface area (Å²) in [4.78, 5) is 15.9. The van der Waals surface area contributed by atoms with E-state index in [-0.39, 0.29) is 11.9 Å². The first-order valence-corrected chi connectivity index (χ1v) is 8.72. The Hall–Kier alpha value is -1.25. The molecule has 0 unspecified atom stereocenters. The van der Waals surface area contributed by atoms with E-state index in [0.717, 1.165) is 13.0 Å². The first kappa shape index (κ1) is 18.1. The van der Waals surface area contributed by atoms with Crippen molar-refractivity contribution in [2.24, 2.45) is 0 Å². The molecule has 23 heavy (non-hydrogen) atoms. The number of halogens is 2. The summed E-state index contributed by atoms with van der Waals surface area (Å²) in [5.74, 6) is -0.275. The molecule has 0 aliphatic carbocycles. The lowest BCUT2D eigenvalue weighted by Crippen LogP contribution is -2.39. The third-order valence-corrected chi connectivity index (χ3v) is 4.38. The molecule has 0 bridgehead atoms. The van der Waals surface area contributed by atoms with Crippen molar-refractivity contribution in [3.8, 4) is 0 Å². The Bertz CT molecular complexity index is 589. The van der Waals surface area contributed by atoms with Crippen LogP contribution in [0, 0.1) is 9.39 Å². The van der Waals surface area contributed by atoms with Crippen LogP contribution in [0.15, 0.2) is 12.1 Å². The molecular formula is C16H23FIN3O2. The van der Waals surface area contributed by atoms with Crippen LogP contribution in [0.5, 0.6) is 0 Å². The van der Waals surface area contributed by atoms with Crippen molar-refractivity contribution in [2.75, 3.05) is 36.8 Å².